The highest BCUT2D eigenvalue weighted by atomic mass is 19.1. The molecule has 2 heterocycles. The van der Waals surface area contributed by atoms with Crippen molar-refractivity contribution in [2.24, 2.45) is 0 Å². The van der Waals surface area contributed by atoms with Crippen LogP contribution < -0.4 is 0 Å². The van der Waals surface area contributed by atoms with E-state index in [-0.39, 0.29) is 17.6 Å². The van der Waals surface area contributed by atoms with Crippen molar-refractivity contribution in [1.29, 1.82) is 0 Å². The molecule has 1 fully saturated rings. The van der Waals surface area contributed by atoms with Crippen LogP contribution in [0.2, 0.25) is 0 Å². The maximum atomic E-state index is 13.2. The summed E-state index contributed by atoms with van der Waals surface area (Å²) in [6, 6.07) is 6.09. The third-order valence-corrected chi connectivity index (χ3v) is 3.74. The summed E-state index contributed by atoms with van der Waals surface area (Å²) < 4.78 is 18.5. The zero-order valence-electron chi connectivity index (χ0n) is 11.8. The maximum Gasteiger partial charge on any atom is 0.231 e. The van der Waals surface area contributed by atoms with Crippen LogP contribution in [0.1, 0.15) is 31.6 Å². The molecule has 1 aromatic heterocycles. The number of piperidine rings is 1. The standard InChI is InChI=1S/C15H16FN3O2/c1-10(20)19-7-3-5-12(9-19)15-17-14(18-21-15)11-4-2-6-13(16)8-11/h2,4,6,8,12H,3,5,7,9H2,1H3/t12-/m1/s1. The van der Waals surface area contributed by atoms with Gasteiger partial charge in [-0.05, 0) is 25.0 Å². The predicted molar refractivity (Wildman–Crippen MR) is 73.9 cm³/mol. The Kier molecular flexibility index (Phi) is 3.68. The first kappa shape index (κ1) is 13.7. The number of likely N-dealkylation sites (tertiary alicyclic amines) is 1. The van der Waals surface area contributed by atoms with Gasteiger partial charge in [0, 0.05) is 25.6 Å². The van der Waals surface area contributed by atoms with E-state index in [0.717, 1.165) is 19.4 Å². The van der Waals surface area contributed by atoms with Crippen molar-refractivity contribution in [2.75, 3.05) is 13.1 Å². The number of amides is 1. The van der Waals surface area contributed by atoms with Crippen LogP contribution in [0.25, 0.3) is 11.4 Å². The van der Waals surface area contributed by atoms with Crippen molar-refractivity contribution in [3.05, 3.63) is 36.0 Å². The highest BCUT2D eigenvalue weighted by Crippen LogP contribution is 2.27. The zero-order chi connectivity index (χ0) is 14.8. The maximum absolute atomic E-state index is 13.2. The lowest BCUT2D eigenvalue weighted by atomic mass is 9.98. The van der Waals surface area contributed by atoms with Gasteiger partial charge in [0.1, 0.15) is 5.82 Å². The van der Waals surface area contributed by atoms with Crippen LogP contribution >= 0.6 is 0 Å². The number of hydrogen-bond donors (Lipinski definition) is 0. The fourth-order valence-electron chi connectivity index (χ4n) is 2.61. The lowest BCUT2D eigenvalue weighted by Crippen LogP contribution is -2.37. The minimum absolute atomic E-state index is 0.0532. The van der Waals surface area contributed by atoms with E-state index in [1.807, 2.05) is 0 Å². The molecule has 1 aliphatic rings. The van der Waals surface area contributed by atoms with Crippen LogP contribution in [-0.2, 0) is 4.79 Å². The Morgan fingerprint density at radius 3 is 3.10 bits per heavy atom. The van der Waals surface area contributed by atoms with Gasteiger partial charge in [0.25, 0.3) is 0 Å². The summed E-state index contributed by atoms with van der Waals surface area (Å²) in [6.07, 6.45) is 1.83. The molecular formula is C15H16FN3O2. The summed E-state index contributed by atoms with van der Waals surface area (Å²) in [4.78, 5) is 17.6. The first-order valence-corrected chi connectivity index (χ1v) is 6.98. The molecule has 1 atom stereocenters. The van der Waals surface area contributed by atoms with Gasteiger partial charge in [0.15, 0.2) is 0 Å². The third-order valence-electron chi connectivity index (χ3n) is 3.74. The van der Waals surface area contributed by atoms with Gasteiger partial charge in [0.05, 0.1) is 5.92 Å². The molecule has 110 valence electrons. The van der Waals surface area contributed by atoms with Crippen molar-refractivity contribution < 1.29 is 13.7 Å². The van der Waals surface area contributed by atoms with E-state index in [2.05, 4.69) is 10.1 Å². The number of aromatic nitrogens is 2. The Bertz CT molecular complexity index is 656. The van der Waals surface area contributed by atoms with Crippen LogP contribution in [0.15, 0.2) is 28.8 Å². The van der Waals surface area contributed by atoms with Gasteiger partial charge in [-0.1, -0.05) is 17.3 Å². The largest absolute Gasteiger partial charge is 0.342 e. The van der Waals surface area contributed by atoms with E-state index < -0.39 is 0 Å². The lowest BCUT2D eigenvalue weighted by molar-refractivity contribution is -0.130. The summed E-state index contributed by atoms with van der Waals surface area (Å²) in [5.74, 6) is 0.672. The number of halogens is 1. The summed E-state index contributed by atoms with van der Waals surface area (Å²) >= 11 is 0. The Morgan fingerprint density at radius 1 is 1.48 bits per heavy atom. The molecule has 6 heteroatoms. The molecule has 1 amide bonds. The molecule has 5 nitrogen and oxygen atoms in total. The van der Waals surface area contributed by atoms with Crippen LogP contribution in [-0.4, -0.2) is 34.0 Å². The van der Waals surface area contributed by atoms with Crippen molar-refractivity contribution in [1.82, 2.24) is 15.0 Å². The van der Waals surface area contributed by atoms with Gasteiger partial charge >= 0.3 is 0 Å². The van der Waals surface area contributed by atoms with E-state index >= 15 is 0 Å². The Labute approximate surface area is 121 Å². The molecule has 0 saturated carbocycles. The molecule has 1 saturated heterocycles. The summed E-state index contributed by atoms with van der Waals surface area (Å²) in [5, 5.41) is 3.92. The summed E-state index contributed by atoms with van der Waals surface area (Å²) in [6.45, 7) is 2.94. The lowest BCUT2D eigenvalue weighted by Gasteiger charge is -2.29. The van der Waals surface area contributed by atoms with Crippen molar-refractivity contribution >= 4 is 5.91 Å². The van der Waals surface area contributed by atoms with E-state index in [0.29, 0.717) is 23.8 Å². The molecule has 3 rings (SSSR count). The van der Waals surface area contributed by atoms with Crippen LogP contribution in [0.5, 0.6) is 0 Å². The van der Waals surface area contributed by atoms with Gasteiger partial charge in [-0.2, -0.15) is 4.98 Å². The molecule has 1 aliphatic heterocycles. The summed E-state index contributed by atoms with van der Waals surface area (Å²) in [5.41, 5.74) is 0.587. The summed E-state index contributed by atoms with van der Waals surface area (Å²) in [7, 11) is 0. The number of nitrogens with zero attached hydrogens (tertiary/aromatic N) is 3. The van der Waals surface area contributed by atoms with Gasteiger partial charge in [-0.15, -0.1) is 0 Å². The van der Waals surface area contributed by atoms with Gasteiger partial charge in [0.2, 0.25) is 17.6 Å². The molecule has 0 N–H and O–H groups in total. The fourth-order valence-corrected chi connectivity index (χ4v) is 2.61. The first-order chi connectivity index (χ1) is 10.1. The third kappa shape index (κ3) is 2.94. The minimum atomic E-state index is -0.334. The molecule has 0 bridgehead atoms. The van der Waals surface area contributed by atoms with Crippen molar-refractivity contribution in [3.63, 3.8) is 0 Å². The molecule has 0 unspecified atom stereocenters. The van der Waals surface area contributed by atoms with E-state index in [1.165, 1.54) is 12.1 Å². The first-order valence-electron chi connectivity index (χ1n) is 6.98. The van der Waals surface area contributed by atoms with E-state index in [9.17, 15) is 9.18 Å². The molecule has 0 radical (unpaired) electrons. The van der Waals surface area contributed by atoms with Crippen LogP contribution in [0.3, 0.4) is 0 Å². The molecule has 0 aliphatic carbocycles. The highest BCUT2D eigenvalue weighted by Gasteiger charge is 2.27. The highest BCUT2D eigenvalue weighted by molar-refractivity contribution is 5.73. The molecule has 1 aromatic carbocycles. The molecular weight excluding hydrogens is 273 g/mol. The molecule has 0 spiro atoms. The molecule has 21 heavy (non-hydrogen) atoms. The topological polar surface area (TPSA) is 59.2 Å². The average molecular weight is 289 g/mol. The van der Waals surface area contributed by atoms with Crippen LogP contribution in [0.4, 0.5) is 4.39 Å². The number of carbonyl (C=O) groups excluding carboxylic acids is 1. The number of rotatable bonds is 2. The Balaban J connectivity index is 1.80. The average Bonchev–Trinajstić information content (AvgIpc) is 2.97. The normalized spacial score (nSPS) is 18.8. The second-order valence-electron chi connectivity index (χ2n) is 5.27. The monoisotopic (exact) mass is 289 g/mol. The van der Waals surface area contributed by atoms with Crippen LogP contribution in [0, 0.1) is 5.82 Å². The smallest absolute Gasteiger partial charge is 0.231 e. The van der Waals surface area contributed by atoms with Crippen molar-refractivity contribution in [2.45, 2.75) is 25.7 Å². The fraction of sp³-hybridized carbons (Fsp3) is 0.400. The SMILES string of the molecule is CC(=O)N1CCC[C@@H](c2nc(-c3cccc(F)c3)no2)C1. The number of hydrogen-bond acceptors (Lipinski definition) is 4. The second kappa shape index (κ2) is 5.63. The Hall–Kier alpha value is -2.24. The quantitative estimate of drug-likeness (QED) is 0.852. The van der Waals surface area contributed by atoms with E-state index in [1.54, 1.807) is 24.0 Å². The number of benzene rings is 1. The Morgan fingerprint density at radius 2 is 2.33 bits per heavy atom. The van der Waals surface area contributed by atoms with Gasteiger partial charge in [-0.25, -0.2) is 4.39 Å². The van der Waals surface area contributed by atoms with E-state index in [4.69, 9.17) is 4.52 Å². The second-order valence-corrected chi connectivity index (χ2v) is 5.27. The number of carbonyl (C=O) groups is 1. The zero-order valence-corrected chi connectivity index (χ0v) is 11.8. The predicted octanol–water partition coefficient (Wildman–Crippen LogP) is 2.60. The molecule has 2 aromatic rings. The van der Waals surface area contributed by atoms with Gasteiger partial charge < -0.3 is 9.42 Å². The minimum Gasteiger partial charge on any atom is -0.342 e. The van der Waals surface area contributed by atoms with Gasteiger partial charge in [-0.3, -0.25) is 4.79 Å². The van der Waals surface area contributed by atoms with Crippen molar-refractivity contribution in [3.8, 4) is 11.4 Å².